The monoisotopic (exact) mass is 581 g/mol. The predicted molar refractivity (Wildman–Crippen MR) is 154 cm³/mol. The highest BCUT2D eigenvalue weighted by Gasteiger charge is 2.22. The maximum Gasteiger partial charge on any atom is 0.255 e. The summed E-state index contributed by atoms with van der Waals surface area (Å²) in [5.41, 5.74) is 6.64. The van der Waals surface area contributed by atoms with Crippen LogP contribution in [0.1, 0.15) is 10.4 Å². The van der Waals surface area contributed by atoms with Gasteiger partial charge in [0.25, 0.3) is 5.91 Å². The summed E-state index contributed by atoms with van der Waals surface area (Å²) in [6.07, 6.45) is 0. The summed E-state index contributed by atoms with van der Waals surface area (Å²) in [4.78, 5) is 38.1. The fraction of sp³-hybridized carbons (Fsp3) is 0.207. The van der Waals surface area contributed by atoms with Crippen LogP contribution in [-0.4, -0.2) is 56.9 Å². The summed E-state index contributed by atoms with van der Waals surface area (Å²) < 4.78 is 22.8. The molecule has 4 rings (SSSR count). The van der Waals surface area contributed by atoms with Gasteiger partial charge in [-0.15, -0.1) is 0 Å². The Morgan fingerprint density at radius 2 is 1.80 bits per heavy atom. The summed E-state index contributed by atoms with van der Waals surface area (Å²) in [6, 6.07) is 15.1. The Labute approximate surface area is 239 Å². The zero-order valence-electron chi connectivity index (χ0n) is 22.2. The summed E-state index contributed by atoms with van der Waals surface area (Å²) in [5, 5.41) is 15.0. The number of rotatable bonds is 11. The number of hydrogen-bond acceptors (Lipinski definition) is 9. The van der Waals surface area contributed by atoms with E-state index < -0.39 is 24.0 Å². The van der Waals surface area contributed by atoms with E-state index in [4.69, 9.17) is 41.1 Å². The number of fused-ring (bicyclic) bond motifs is 1. The SMILES string of the molecule is COc1cc2oc(-c3cccc(C(=O)Nc4ccc(Cl)cc4)c3)cc(=O)c2c(OCCNC(=O)[C@@H](N)CO)c1OC. The lowest BCUT2D eigenvalue weighted by molar-refractivity contribution is -0.123. The van der Waals surface area contributed by atoms with Crippen LogP contribution in [0.15, 0.2) is 69.9 Å². The van der Waals surface area contributed by atoms with Crippen LogP contribution in [0, 0.1) is 0 Å². The number of aliphatic hydroxyl groups excluding tert-OH is 1. The van der Waals surface area contributed by atoms with Crippen LogP contribution in [0.3, 0.4) is 0 Å². The number of anilines is 1. The maximum absolute atomic E-state index is 13.4. The zero-order chi connectivity index (χ0) is 29.5. The molecule has 1 atom stereocenters. The third kappa shape index (κ3) is 6.77. The molecule has 0 aliphatic heterocycles. The highest BCUT2D eigenvalue weighted by atomic mass is 35.5. The van der Waals surface area contributed by atoms with Gasteiger partial charge in [0.2, 0.25) is 11.7 Å². The van der Waals surface area contributed by atoms with E-state index in [1.54, 1.807) is 48.5 Å². The Kier molecular flexibility index (Phi) is 9.45. The standard InChI is InChI=1S/C29H28ClN3O8/c1-38-24-14-23-25(27(26(24)39-2)40-11-10-32-29(37)20(31)15-34)21(35)13-22(41-23)16-4-3-5-17(12-16)28(36)33-19-8-6-18(30)7-9-19/h3-9,12-14,20,34H,10-11,15,31H2,1-2H3,(H,32,37)(H,33,36)/t20-/m0/s1. The van der Waals surface area contributed by atoms with Gasteiger partial charge in [-0.25, -0.2) is 0 Å². The fourth-order valence-electron chi connectivity index (χ4n) is 3.96. The van der Waals surface area contributed by atoms with Crippen molar-refractivity contribution >= 4 is 40.1 Å². The molecule has 12 heteroatoms. The van der Waals surface area contributed by atoms with Crippen LogP contribution >= 0.6 is 11.6 Å². The van der Waals surface area contributed by atoms with Gasteiger partial charge in [0.05, 0.1) is 27.4 Å². The van der Waals surface area contributed by atoms with E-state index >= 15 is 0 Å². The van der Waals surface area contributed by atoms with E-state index in [0.717, 1.165) is 0 Å². The van der Waals surface area contributed by atoms with Crippen molar-refractivity contribution < 1.29 is 33.3 Å². The Morgan fingerprint density at radius 3 is 2.49 bits per heavy atom. The van der Waals surface area contributed by atoms with Gasteiger partial charge in [-0.3, -0.25) is 14.4 Å². The van der Waals surface area contributed by atoms with Crippen molar-refractivity contribution in [1.82, 2.24) is 5.32 Å². The van der Waals surface area contributed by atoms with Crippen LogP contribution in [0.5, 0.6) is 17.2 Å². The number of aliphatic hydroxyl groups is 1. The van der Waals surface area contributed by atoms with Gasteiger partial charge >= 0.3 is 0 Å². The number of amides is 2. The van der Waals surface area contributed by atoms with Crippen molar-refractivity contribution in [2.45, 2.75) is 6.04 Å². The molecule has 5 N–H and O–H groups in total. The normalized spacial score (nSPS) is 11.5. The molecule has 0 saturated carbocycles. The number of carbonyl (C=O) groups excluding carboxylic acids is 2. The molecule has 1 aromatic heterocycles. The molecule has 0 saturated heterocycles. The van der Waals surface area contributed by atoms with E-state index in [9.17, 15) is 14.4 Å². The van der Waals surface area contributed by atoms with Crippen molar-refractivity contribution in [1.29, 1.82) is 0 Å². The fourth-order valence-corrected chi connectivity index (χ4v) is 4.09. The van der Waals surface area contributed by atoms with Crippen molar-refractivity contribution in [2.75, 3.05) is 39.3 Å². The number of benzene rings is 3. The molecular weight excluding hydrogens is 554 g/mol. The van der Waals surface area contributed by atoms with Crippen molar-refractivity contribution in [3.05, 3.63) is 81.5 Å². The second-order valence-corrected chi connectivity index (χ2v) is 9.20. The molecule has 0 aliphatic carbocycles. The molecule has 41 heavy (non-hydrogen) atoms. The lowest BCUT2D eigenvalue weighted by Crippen LogP contribution is -2.44. The molecule has 2 amide bonds. The molecule has 0 spiro atoms. The molecule has 0 unspecified atom stereocenters. The molecule has 1 heterocycles. The first-order valence-electron chi connectivity index (χ1n) is 12.4. The lowest BCUT2D eigenvalue weighted by Gasteiger charge is -2.17. The second kappa shape index (κ2) is 13.2. The van der Waals surface area contributed by atoms with E-state index in [1.807, 2.05) is 0 Å². The van der Waals surface area contributed by atoms with Gasteiger partial charge in [0, 0.05) is 34.0 Å². The quantitative estimate of drug-likeness (QED) is 0.195. The Bertz CT molecular complexity index is 1620. The summed E-state index contributed by atoms with van der Waals surface area (Å²) in [5.74, 6) is -0.207. The molecule has 3 aromatic carbocycles. The van der Waals surface area contributed by atoms with Crippen LogP contribution in [0.25, 0.3) is 22.3 Å². The first-order chi connectivity index (χ1) is 19.7. The Balaban J connectivity index is 1.65. The maximum atomic E-state index is 13.4. The minimum atomic E-state index is -1.06. The van der Waals surface area contributed by atoms with Crippen LogP contribution < -0.4 is 36.0 Å². The second-order valence-electron chi connectivity index (χ2n) is 8.76. The minimum Gasteiger partial charge on any atom is -0.493 e. The van der Waals surface area contributed by atoms with E-state index in [2.05, 4.69) is 10.6 Å². The van der Waals surface area contributed by atoms with Crippen molar-refractivity contribution in [3.63, 3.8) is 0 Å². The Hall–Kier alpha value is -4.58. The third-order valence-corrected chi connectivity index (χ3v) is 6.26. The van der Waals surface area contributed by atoms with Crippen LogP contribution in [0.4, 0.5) is 5.69 Å². The molecule has 11 nitrogen and oxygen atoms in total. The number of nitrogens with two attached hydrogens (primary N) is 1. The molecule has 0 bridgehead atoms. The summed E-state index contributed by atoms with van der Waals surface area (Å²) >= 11 is 5.91. The first-order valence-corrected chi connectivity index (χ1v) is 12.8. The lowest BCUT2D eigenvalue weighted by atomic mass is 10.1. The van der Waals surface area contributed by atoms with Crippen molar-refractivity contribution in [3.8, 4) is 28.6 Å². The molecular formula is C29H28ClN3O8. The molecule has 0 radical (unpaired) electrons. The highest BCUT2D eigenvalue weighted by Crippen LogP contribution is 2.43. The van der Waals surface area contributed by atoms with Gasteiger partial charge < -0.3 is 40.1 Å². The smallest absolute Gasteiger partial charge is 0.255 e. The van der Waals surface area contributed by atoms with Gasteiger partial charge in [-0.1, -0.05) is 23.7 Å². The Morgan fingerprint density at radius 1 is 1.05 bits per heavy atom. The summed E-state index contributed by atoms with van der Waals surface area (Å²) in [7, 11) is 2.82. The molecule has 0 fully saturated rings. The van der Waals surface area contributed by atoms with E-state index in [1.165, 1.54) is 26.4 Å². The van der Waals surface area contributed by atoms with Gasteiger partial charge in [-0.05, 0) is 36.4 Å². The number of carbonyl (C=O) groups is 2. The highest BCUT2D eigenvalue weighted by molar-refractivity contribution is 6.30. The molecule has 0 aliphatic rings. The van der Waals surface area contributed by atoms with Crippen LogP contribution in [0.2, 0.25) is 5.02 Å². The van der Waals surface area contributed by atoms with E-state index in [-0.39, 0.29) is 53.0 Å². The van der Waals surface area contributed by atoms with Gasteiger partial charge in [-0.2, -0.15) is 0 Å². The number of halogens is 1. The van der Waals surface area contributed by atoms with Gasteiger partial charge in [0.15, 0.2) is 16.9 Å². The van der Waals surface area contributed by atoms with Crippen molar-refractivity contribution in [2.24, 2.45) is 5.73 Å². The predicted octanol–water partition coefficient (Wildman–Crippen LogP) is 3.20. The number of ether oxygens (including phenoxy) is 3. The number of methoxy groups -OCH3 is 2. The molecule has 214 valence electrons. The largest absolute Gasteiger partial charge is 0.493 e. The average Bonchev–Trinajstić information content (AvgIpc) is 2.99. The average molecular weight is 582 g/mol. The zero-order valence-corrected chi connectivity index (χ0v) is 23.0. The first kappa shape index (κ1) is 29.4. The van der Waals surface area contributed by atoms with Crippen LogP contribution in [-0.2, 0) is 4.79 Å². The topological polar surface area (TPSA) is 162 Å². The molecule has 4 aromatic rings. The summed E-state index contributed by atoms with van der Waals surface area (Å²) in [6.45, 7) is -0.502. The number of hydrogen-bond donors (Lipinski definition) is 4. The number of nitrogens with one attached hydrogen (secondary N) is 2. The third-order valence-electron chi connectivity index (χ3n) is 6.01. The minimum absolute atomic E-state index is 0.0443. The van der Waals surface area contributed by atoms with E-state index in [0.29, 0.717) is 21.8 Å². The van der Waals surface area contributed by atoms with Gasteiger partial charge in [0.1, 0.15) is 29.4 Å².